The van der Waals surface area contributed by atoms with Crippen molar-refractivity contribution in [2.75, 3.05) is 20.3 Å². The maximum absolute atomic E-state index is 12.2. The normalized spacial score (nSPS) is 13.0. The molecule has 4 nitrogen and oxygen atoms in total. The van der Waals surface area contributed by atoms with E-state index in [1.807, 2.05) is 13.0 Å². The van der Waals surface area contributed by atoms with Gasteiger partial charge in [-0.2, -0.15) is 0 Å². The molecule has 0 heterocycles. The van der Waals surface area contributed by atoms with Crippen molar-refractivity contribution in [2.24, 2.45) is 0 Å². The fourth-order valence-electron chi connectivity index (χ4n) is 1.71. The summed E-state index contributed by atoms with van der Waals surface area (Å²) < 4.78 is 3.30. The van der Waals surface area contributed by atoms with Crippen molar-refractivity contribution in [2.45, 2.75) is 23.3 Å². The van der Waals surface area contributed by atoms with Gasteiger partial charge in [-0.3, -0.25) is 10.1 Å². The van der Waals surface area contributed by atoms with Gasteiger partial charge in [0.1, 0.15) is 6.17 Å². The predicted molar refractivity (Wildman–Crippen MR) is 87.2 cm³/mol. The van der Waals surface area contributed by atoms with Crippen LogP contribution in [-0.2, 0) is 4.74 Å². The Bertz CT molecular complexity index is 464. The van der Waals surface area contributed by atoms with Gasteiger partial charge < -0.3 is 10.1 Å². The number of aryl methyl sites for hydroxylation is 1. The Hall–Kier alpha value is -0.520. The van der Waals surface area contributed by atoms with Gasteiger partial charge in [-0.1, -0.05) is 52.5 Å². The van der Waals surface area contributed by atoms with Crippen LogP contribution in [-0.4, -0.2) is 36.1 Å². The van der Waals surface area contributed by atoms with Crippen LogP contribution in [0.2, 0.25) is 0 Å². The fraction of sp³-hybridized carbons (Fsp3) is 0.500. The first-order valence-corrected chi connectivity index (χ1v) is 7.64. The average molecular weight is 354 g/mol. The van der Waals surface area contributed by atoms with Crippen molar-refractivity contribution >= 4 is 40.7 Å². The van der Waals surface area contributed by atoms with Gasteiger partial charge in [-0.05, 0) is 32.0 Å². The molecule has 0 fully saturated rings. The zero-order chi connectivity index (χ0) is 15.9. The number of hydrogen-bond acceptors (Lipinski definition) is 3. The number of alkyl halides is 3. The summed E-state index contributed by atoms with van der Waals surface area (Å²) in [6.07, 6.45) is -0.0407. The van der Waals surface area contributed by atoms with Crippen molar-refractivity contribution < 1.29 is 9.53 Å². The van der Waals surface area contributed by atoms with Gasteiger partial charge >= 0.3 is 0 Å². The van der Waals surface area contributed by atoms with E-state index in [0.29, 0.717) is 18.7 Å². The number of methoxy groups -OCH3 is 1. The standard InChI is InChI=1S/C14H19Cl3N2O2/c1-10-5-3-6-11(9-10)12(20)19-13(14(15,16)17)18-7-4-8-21-2/h3,5-6,9,13,18H,4,7-8H2,1-2H3,(H,19,20). The maximum atomic E-state index is 12.2. The van der Waals surface area contributed by atoms with Crippen LogP contribution in [0.15, 0.2) is 24.3 Å². The third-order valence-corrected chi connectivity index (χ3v) is 3.41. The fourth-order valence-corrected chi connectivity index (χ4v) is 2.11. The molecule has 0 radical (unpaired) electrons. The second-order valence-corrected chi connectivity index (χ2v) is 6.99. The summed E-state index contributed by atoms with van der Waals surface area (Å²) in [5, 5.41) is 5.69. The molecule has 21 heavy (non-hydrogen) atoms. The molecular weight excluding hydrogens is 335 g/mol. The Labute approximate surface area is 140 Å². The van der Waals surface area contributed by atoms with Crippen molar-refractivity contribution in [1.29, 1.82) is 0 Å². The first-order valence-electron chi connectivity index (χ1n) is 6.51. The minimum absolute atomic E-state index is 0.297. The molecule has 1 unspecified atom stereocenters. The molecule has 1 aromatic carbocycles. The van der Waals surface area contributed by atoms with Crippen LogP contribution in [0.3, 0.4) is 0 Å². The van der Waals surface area contributed by atoms with E-state index in [0.717, 1.165) is 12.0 Å². The largest absolute Gasteiger partial charge is 0.385 e. The molecule has 118 valence electrons. The van der Waals surface area contributed by atoms with Crippen LogP contribution >= 0.6 is 34.8 Å². The highest BCUT2D eigenvalue weighted by Crippen LogP contribution is 2.29. The zero-order valence-electron chi connectivity index (χ0n) is 12.0. The molecule has 0 aliphatic rings. The first kappa shape index (κ1) is 18.5. The van der Waals surface area contributed by atoms with E-state index in [4.69, 9.17) is 39.5 Å². The highest BCUT2D eigenvalue weighted by atomic mass is 35.6. The maximum Gasteiger partial charge on any atom is 0.252 e. The Morgan fingerprint density at radius 1 is 1.38 bits per heavy atom. The van der Waals surface area contributed by atoms with Gasteiger partial charge in [0, 0.05) is 19.3 Å². The minimum Gasteiger partial charge on any atom is -0.385 e. The highest BCUT2D eigenvalue weighted by molar-refractivity contribution is 6.68. The highest BCUT2D eigenvalue weighted by Gasteiger charge is 2.33. The van der Waals surface area contributed by atoms with Gasteiger partial charge in [0.2, 0.25) is 3.79 Å². The lowest BCUT2D eigenvalue weighted by atomic mass is 10.1. The summed E-state index contributed by atoms with van der Waals surface area (Å²) in [6, 6.07) is 7.20. The van der Waals surface area contributed by atoms with Crippen LogP contribution in [0.25, 0.3) is 0 Å². The predicted octanol–water partition coefficient (Wildman–Crippen LogP) is 3.05. The second kappa shape index (κ2) is 8.81. The van der Waals surface area contributed by atoms with Gasteiger partial charge in [-0.15, -0.1) is 0 Å². The van der Waals surface area contributed by atoms with Crippen LogP contribution in [0.1, 0.15) is 22.3 Å². The van der Waals surface area contributed by atoms with E-state index < -0.39 is 9.96 Å². The molecule has 0 aliphatic carbocycles. The lowest BCUT2D eigenvalue weighted by Gasteiger charge is -2.26. The summed E-state index contributed by atoms with van der Waals surface area (Å²) in [6.45, 7) is 3.05. The summed E-state index contributed by atoms with van der Waals surface area (Å²) in [7, 11) is 1.62. The van der Waals surface area contributed by atoms with E-state index in [-0.39, 0.29) is 5.91 Å². The minimum atomic E-state index is -1.65. The molecule has 0 bridgehead atoms. The molecule has 1 aromatic rings. The molecule has 1 atom stereocenters. The number of carbonyl (C=O) groups is 1. The van der Waals surface area contributed by atoms with Crippen LogP contribution in [0.5, 0.6) is 0 Å². The number of benzene rings is 1. The van der Waals surface area contributed by atoms with Crippen molar-refractivity contribution in [1.82, 2.24) is 10.6 Å². The summed E-state index contributed by atoms with van der Waals surface area (Å²) in [5.41, 5.74) is 1.51. The third kappa shape index (κ3) is 6.85. The second-order valence-electron chi connectivity index (χ2n) is 4.62. The molecule has 0 saturated carbocycles. The molecular formula is C14H19Cl3N2O2. The quantitative estimate of drug-likeness (QED) is 0.450. The third-order valence-electron chi connectivity index (χ3n) is 2.76. The molecule has 0 saturated heterocycles. The summed E-state index contributed by atoms with van der Waals surface area (Å²) in [5.74, 6) is -0.297. The number of hydrogen-bond donors (Lipinski definition) is 2. The van der Waals surface area contributed by atoms with Crippen molar-refractivity contribution in [3.05, 3.63) is 35.4 Å². The molecule has 0 aliphatic heterocycles. The number of carbonyl (C=O) groups excluding carboxylic acids is 1. The van der Waals surface area contributed by atoms with E-state index in [2.05, 4.69) is 10.6 Å². The van der Waals surface area contributed by atoms with Crippen LogP contribution < -0.4 is 10.6 Å². The lowest BCUT2D eigenvalue weighted by molar-refractivity contribution is 0.0929. The Balaban J connectivity index is 2.65. The molecule has 0 spiro atoms. The average Bonchev–Trinajstić information content (AvgIpc) is 2.40. The van der Waals surface area contributed by atoms with Gasteiger partial charge in [0.15, 0.2) is 0 Å². The van der Waals surface area contributed by atoms with Crippen LogP contribution in [0.4, 0.5) is 0 Å². The van der Waals surface area contributed by atoms with E-state index in [9.17, 15) is 4.79 Å². The van der Waals surface area contributed by atoms with E-state index in [1.54, 1.807) is 25.3 Å². The monoisotopic (exact) mass is 352 g/mol. The number of rotatable bonds is 7. The zero-order valence-corrected chi connectivity index (χ0v) is 14.2. The molecule has 1 amide bonds. The number of ether oxygens (including phenoxy) is 1. The van der Waals surface area contributed by atoms with E-state index >= 15 is 0 Å². The Morgan fingerprint density at radius 2 is 2.10 bits per heavy atom. The van der Waals surface area contributed by atoms with Crippen LogP contribution in [0, 0.1) is 6.92 Å². The van der Waals surface area contributed by atoms with Crippen molar-refractivity contribution in [3.63, 3.8) is 0 Å². The first-order chi connectivity index (χ1) is 9.84. The summed E-state index contributed by atoms with van der Waals surface area (Å²) in [4.78, 5) is 12.2. The Morgan fingerprint density at radius 3 is 2.67 bits per heavy atom. The number of amides is 1. The Kier molecular flexibility index (Phi) is 7.77. The van der Waals surface area contributed by atoms with E-state index in [1.165, 1.54) is 0 Å². The van der Waals surface area contributed by atoms with Gasteiger partial charge in [-0.25, -0.2) is 0 Å². The molecule has 1 rings (SSSR count). The van der Waals surface area contributed by atoms with Gasteiger partial charge in [0.25, 0.3) is 5.91 Å². The SMILES string of the molecule is COCCCNC(NC(=O)c1cccc(C)c1)C(Cl)(Cl)Cl. The van der Waals surface area contributed by atoms with Crippen molar-refractivity contribution in [3.8, 4) is 0 Å². The lowest BCUT2D eigenvalue weighted by Crippen LogP contribution is -2.53. The molecule has 0 aromatic heterocycles. The smallest absolute Gasteiger partial charge is 0.252 e. The van der Waals surface area contributed by atoms with Gasteiger partial charge in [0.05, 0.1) is 0 Å². The molecule has 7 heteroatoms. The summed E-state index contributed by atoms with van der Waals surface area (Å²) >= 11 is 17.7. The molecule has 2 N–H and O–H groups in total. The topological polar surface area (TPSA) is 50.4 Å². The number of nitrogens with one attached hydrogen (secondary N) is 2. The number of halogens is 3.